The van der Waals surface area contributed by atoms with Crippen molar-refractivity contribution in [2.24, 2.45) is 5.92 Å². The van der Waals surface area contributed by atoms with Crippen LogP contribution in [0.15, 0.2) is 18.2 Å². The van der Waals surface area contributed by atoms with E-state index in [1.54, 1.807) is 11.3 Å². The van der Waals surface area contributed by atoms with E-state index in [0.29, 0.717) is 11.9 Å². The summed E-state index contributed by atoms with van der Waals surface area (Å²) in [7, 11) is 0. The standard InChI is InChI=1S/C23H34N6OS/c1-4-21-26-27-23(31-21)25-20-9-5-8-19(24-20)18-7-6-12-29(15-18)22(30)17-10-13-28(14-11-17)16(2)3/h5,8-9,16-18H,4,6-7,10-15H2,1-3H3,(H,24,25,27)/t18-/m0/s1. The average Bonchev–Trinajstić information content (AvgIpc) is 3.26. The van der Waals surface area contributed by atoms with Gasteiger partial charge in [-0.1, -0.05) is 24.3 Å². The Hall–Kier alpha value is -2.06. The Bertz CT molecular complexity index is 876. The van der Waals surface area contributed by atoms with Crippen molar-refractivity contribution in [3.8, 4) is 0 Å². The molecule has 31 heavy (non-hydrogen) atoms. The normalized spacial score (nSPS) is 20.9. The van der Waals surface area contributed by atoms with Crippen molar-refractivity contribution in [3.05, 3.63) is 28.9 Å². The van der Waals surface area contributed by atoms with Gasteiger partial charge in [-0.25, -0.2) is 4.98 Å². The summed E-state index contributed by atoms with van der Waals surface area (Å²) >= 11 is 1.56. The van der Waals surface area contributed by atoms with Gasteiger partial charge in [0.2, 0.25) is 11.0 Å². The molecular weight excluding hydrogens is 408 g/mol. The monoisotopic (exact) mass is 442 g/mol. The van der Waals surface area contributed by atoms with Gasteiger partial charge in [0.25, 0.3) is 0 Å². The van der Waals surface area contributed by atoms with Gasteiger partial charge >= 0.3 is 0 Å². The minimum absolute atomic E-state index is 0.180. The number of hydrogen-bond donors (Lipinski definition) is 1. The van der Waals surface area contributed by atoms with Crippen LogP contribution in [0.4, 0.5) is 10.9 Å². The number of likely N-dealkylation sites (tertiary alicyclic amines) is 2. The van der Waals surface area contributed by atoms with Gasteiger partial charge in [-0.3, -0.25) is 4.79 Å². The van der Waals surface area contributed by atoms with Crippen molar-refractivity contribution in [1.29, 1.82) is 0 Å². The lowest BCUT2D eigenvalue weighted by Gasteiger charge is -2.38. The first-order valence-corrected chi connectivity index (χ1v) is 12.4. The molecule has 2 fully saturated rings. The highest BCUT2D eigenvalue weighted by Gasteiger charge is 2.32. The van der Waals surface area contributed by atoms with Crippen LogP contribution >= 0.6 is 11.3 Å². The summed E-state index contributed by atoms with van der Waals surface area (Å²) in [5.74, 6) is 1.61. The Morgan fingerprint density at radius 1 is 1.19 bits per heavy atom. The van der Waals surface area contributed by atoms with E-state index in [1.807, 2.05) is 12.1 Å². The highest BCUT2D eigenvalue weighted by Crippen LogP contribution is 2.30. The summed E-state index contributed by atoms with van der Waals surface area (Å²) in [6.07, 6.45) is 4.96. The third-order valence-electron chi connectivity index (χ3n) is 6.54. The number of aryl methyl sites for hydroxylation is 1. The molecule has 2 aliphatic rings. The van der Waals surface area contributed by atoms with Gasteiger partial charge < -0.3 is 15.1 Å². The SMILES string of the molecule is CCc1nnc(Nc2cccc([C@H]3CCCN(C(=O)C4CCN(C(C)C)CC4)C3)n2)s1. The van der Waals surface area contributed by atoms with Crippen molar-refractivity contribution >= 4 is 28.2 Å². The Kier molecular flexibility index (Phi) is 7.17. The second kappa shape index (κ2) is 10.0. The Morgan fingerprint density at radius 3 is 2.71 bits per heavy atom. The number of nitrogens with zero attached hydrogens (tertiary/aromatic N) is 5. The second-order valence-corrected chi connectivity index (χ2v) is 10.0. The number of piperidine rings is 2. The molecule has 2 aromatic heterocycles. The molecule has 0 saturated carbocycles. The number of carbonyl (C=O) groups excluding carboxylic acids is 1. The number of carbonyl (C=O) groups is 1. The maximum absolute atomic E-state index is 13.2. The fourth-order valence-electron chi connectivity index (χ4n) is 4.64. The highest BCUT2D eigenvalue weighted by atomic mass is 32.1. The van der Waals surface area contributed by atoms with E-state index in [2.05, 4.69) is 52.2 Å². The number of rotatable bonds is 6. The van der Waals surface area contributed by atoms with Gasteiger partial charge in [0.15, 0.2) is 0 Å². The number of nitrogens with one attached hydrogen (secondary N) is 1. The molecule has 4 rings (SSSR count). The summed E-state index contributed by atoms with van der Waals surface area (Å²) in [4.78, 5) is 22.6. The average molecular weight is 443 g/mol. The van der Waals surface area contributed by atoms with Crippen molar-refractivity contribution in [3.63, 3.8) is 0 Å². The van der Waals surface area contributed by atoms with Crippen LogP contribution in [0.1, 0.15) is 63.1 Å². The van der Waals surface area contributed by atoms with Crippen LogP contribution in [0.2, 0.25) is 0 Å². The molecule has 0 spiro atoms. The predicted molar refractivity (Wildman–Crippen MR) is 125 cm³/mol. The van der Waals surface area contributed by atoms with Crippen LogP contribution in [0.3, 0.4) is 0 Å². The molecule has 2 aromatic rings. The summed E-state index contributed by atoms with van der Waals surface area (Å²) < 4.78 is 0. The summed E-state index contributed by atoms with van der Waals surface area (Å²) in [5, 5.41) is 13.4. The first-order valence-electron chi connectivity index (χ1n) is 11.6. The molecule has 168 valence electrons. The minimum Gasteiger partial charge on any atom is -0.342 e. The van der Waals surface area contributed by atoms with Crippen molar-refractivity contribution in [2.75, 3.05) is 31.5 Å². The maximum atomic E-state index is 13.2. The molecular formula is C23H34N6OS. The summed E-state index contributed by atoms with van der Waals surface area (Å²) in [5.41, 5.74) is 1.05. The number of hydrogen-bond acceptors (Lipinski definition) is 7. The minimum atomic E-state index is 0.180. The molecule has 0 aliphatic carbocycles. The largest absolute Gasteiger partial charge is 0.342 e. The smallest absolute Gasteiger partial charge is 0.225 e. The molecule has 0 aromatic carbocycles. The maximum Gasteiger partial charge on any atom is 0.225 e. The quantitative estimate of drug-likeness (QED) is 0.727. The first-order chi connectivity index (χ1) is 15.0. The van der Waals surface area contributed by atoms with E-state index in [1.165, 1.54) is 0 Å². The summed E-state index contributed by atoms with van der Waals surface area (Å²) in [6.45, 7) is 10.3. The second-order valence-electron chi connectivity index (χ2n) is 8.95. The van der Waals surface area contributed by atoms with E-state index in [4.69, 9.17) is 4.98 Å². The summed E-state index contributed by atoms with van der Waals surface area (Å²) in [6, 6.07) is 6.65. The third-order valence-corrected chi connectivity index (χ3v) is 7.52. The lowest BCUT2D eigenvalue weighted by molar-refractivity contribution is -0.138. The Balaban J connectivity index is 1.37. The topological polar surface area (TPSA) is 74.2 Å². The molecule has 8 heteroatoms. The van der Waals surface area contributed by atoms with Crippen molar-refractivity contribution in [2.45, 2.75) is 64.8 Å². The van der Waals surface area contributed by atoms with Gasteiger partial charge in [0.05, 0.1) is 0 Å². The highest BCUT2D eigenvalue weighted by molar-refractivity contribution is 7.15. The lowest BCUT2D eigenvalue weighted by atomic mass is 9.90. The molecule has 2 aliphatic heterocycles. The molecule has 1 atom stereocenters. The molecule has 2 saturated heterocycles. The van der Waals surface area contributed by atoms with Crippen LogP contribution in [-0.2, 0) is 11.2 Å². The lowest BCUT2D eigenvalue weighted by Crippen LogP contribution is -2.47. The first kappa shape index (κ1) is 22.1. The molecule has 4 heterocycles. The van der Waals surface area contributed by atoms with Crippen LogP contribution in [0.25, 0.3) is 0 Å². The van der Waals surface area contributed by atoms with Crippen LogP contribution in [0.5, 0.6) is 0 Å². The van der Waals surface area contributed by atoms with Gasteiger partial charge in [-0.2, -0.15) is 0 Å². The molecule has 1 N–H and O–H groups in total. The van der Waals surface area contributed by atoms with Gasteiger partial charge in [-0.05, 0) is 71.2 Å². The Labute approximate surface area is 189 Å². The van der Waals surface area contributed by atoms with Gasteiger partial charge in [0.1, 0.15) is 10.8 Å². The number of anilines is 2. The zero-order chi connectivity index (χ0) is 21.8. The third kappa shape index (κ3) is 5.41. The van der Waals surface area contributed by atoms with Crippen LogP contribution in [0, 0.1) is 5.92 Å². The van der Waals surface area contributed by atoms with Crippen molar-refractivity contribution < 1.29 is 4.79 Å². The van der Waals surface area contributed by atoms with Crippen molar-refractivity contribution in [1.82, 2.24) is 25.0 Å². The van der Waals surface area contributed by atoms with E-state index < -0.39 is 0 Å². The Morgan fingerprint density at radius 2 is 2.00 bits per heavy atom. The van der Waals surface area contributed by atoms with Crippen LogP contribution < -0.4 is 5.32 Å². The zero-order valence-corrected chi connectivity index (χ0v) is 19.7. The fraction of sp³-hybridized carbons (Fsp3) is 0.652. The van der Waals surface area contributed by atoms with Gasteiger partial charge in [0, 0.05) is 36.7 Å². The molecule has 0 bridgehead atoms. The zero-order valence-electron chi connectivity index (χ0n) is 18.9. The number of pyridine rings is 1. The van der Waals surface area contributed by atoms with E-state index in [-0.39, 0.29) is 11.8 Å². The van der Waals surface area contributed by atoms with E-state index in [0.717, 1.165) is 79.9 Å². The fourth-order valence-corrected chi connectivity index (χ4v) is 5.33. The number of aromatic nitrogens is 3. The van der Waals surface area contributed by atoms with Crippen LogP contribution in [-0.4, -0.2) is 63.1 Å². The molecule has 0 unspecified atom stereocenters. The predicted octanol–water partition coefficient (Wildman–Crippen LogP) is 4.07. The van der Waals surface area contributed by atoms with Gasteiger partial charge in [-0.15, -0.1) is 10.2 Å². The van der Waals surface area contributed by atoms with E-state index >= 15 is 0 Å². The number of amides is 1. The van der Waals surface area contributed by atoms with E-state index in [9.17, 15) is 4.79 Å². The molecule has 0 radical (unpaired) electrons. The molecule has 7 nitrogen and oxygen atoms in total. The molecule has 1 amide bonds.